The molecule has 2 amide bonds. The number of nitrogens with one attached hydrogen (secondary N) is 2. The minimum atomic E-state index is -0.672. The van der Waals surface area contributed by atoms with Crippen LogP contribution in [0.2, 0.25) is 0 Å². The number of anilines is 2. The number of hydrogen-bond acceptors (Lipinski definition) is 8. The molecule has 0 unspecified atom stereocenters. The van der Waals surface area contributed by atoms with E-state index in [0.717, 1.165) is 22.5 Å². The molecule has 0 radical (unpaired) electrons. The van der Waals surface area contributed by atoms with Crippen molar-refractivity contribution in [3.8, 4) is 17.2 Å². The number of rotatable bonds is 8. The lowest BCUT2D eigenvalue weighted by atomic mass is 10.1. The summed E-state index contributed by atoms with van der Waals surface area (Å²) in [6, 6.07) is 8.65. The number of thiophene rings is 1. The molecular formula is C26H28N2O7S. The Kier molecular flexibility index (Phi) is 8.21. The molecule has 0 atom stereocenters. The van der Waals surface area contributed by atoms with Crippen LogP contribution in [0.15, 0.2) is 30.3 Å². The van der Waals surface area contributed by atoms with Gasteiger partial charge in [-0.25, -0.2) is 4.79 Å². The number of carbonyl (C=O) groups excluding carboxylic acids is 3. The lowest BCUT2D eigenvalue weighted by Crippen LogP contribution is -2.15. The molecule has 0 saturated heterocycles. The van der Waals surface area contributed by atoms with Crippen LogP contribution in [-0.2, 0) is 4.74 Å². The first-order chi connectivity index (χ1) is 17.1. The van der Waals surface area contributed by atoms with E-state index in [-0.39, 0.29) is 21.0 Å². The average molecular weight is 513 g/mol. The number of esters is 1. The number of aryl methyl sites for hydroxylation is 2. The summed E-state index contributed by atoms with van der Waals surface area (Å²) in [5.41, 5.74) is 3.33. The lowest BCUT2D eigenvalue weighted by Gasteiger charge is -2.14. The van der Waals surface area contributed by atoms with Crippen LogP contribution in [-0.4, -0.2) is 46.2 Å². The van der Waals surface area contributed by atoms with Gasteiger partial charge in [0, 0.05) is 11.3 Å². The van der Waals surface area contributed by atoms with Gasteiger partial charge in [-0.15, -0.1) is 11.3 Å². The van der Waals surface area contributed by atoms with E-state index >= 15 is 0 Å². The molecule has 0 spiro atoms. The van der Waals surface area contributed by atoms with E-state index in [0.29, 0.717) is 28.5 Å². The zero-order chi connectivity index (χ0) is 26.6. The van der Waals surface area contributed by atoms with E-state index < -0.39 is 17.8 Å². The Balaban J connectivity index is 1.98. The van der Waals surface area contributed by atoms with Crippen LogP contribution in [0.5, 0.6) is 17.2 Å². The smallest absolute Gasteiger partial charge is 0.341 e. The molecule has 0 bridgehead atoms. The van der Waals surface area contributed by atoms with E-state index in [4.69, 9.17) is 18.9 Å². The third-order valence-corrected chi connectivity index (χ3v) is 6.73. The van der Waals surface area contributed by atoms with Crippen LogP contribution in [0.4, 0.5) is 10.7 Å². The topological polar surface area (TPSA) is 112 Å². The Morgan fingerprint density at radius 2 is 1.44 bits per heavy atom. The number of methoxy groups -OCH3 is 4. The number of benzene rings is 2. The Labute approximate surface area is 213 Å². The minimum Gasteiger partial charge on any atom is -0.493 e. The van der Waals surface area contributed by atoms with Gasteiger partial charge >= 0.3 is 5.97 Å². The molecule has 1 aromatic heterocycles. The molecule has 0 saturated carbocycles. The van der Waals surface area contributed by atoms with Gasteiger partial charge in [0.05, 0.1) is 38.9 Å². The normalized spacial score (nSPS) is 10.4. The van der Waals surface area contributed by atoms with Gasteiger partial charge in [-0.3, -0.25) is 9.59 Å². The van der Waals surface area contributed by atoms with E-state index in [1.54, 1.807) is 6.92 Å². The van der Waals surface area contributed by atoms with Crippen LogP contribution in [0.25, 0.3) is 0 Å². The van der Waals surface area contributed by atoms with Crippen molar-refractivity contribution in [2.75, 3.05) is 39.1 Å². The molecule has 9 nitrogen and oxygen atoms in total. The third-order valence-electron chi connectivity index (χ3n) is 5.53. The van der Waals surface area contributed by atoms with E-state index in [1.807, 2.05) is 32.0 Å². The first-order valence-corrected chi connectivity index (χ1v) is 11.7. The monoisotopic (exact) mass is 512 g/mol. The van der Waals surface area contributed by atoms with Crippen LogP contribution < -0.4 is 24.8 Å². The zero-order valence-electron chi connectivity index (χ0n) is 21.2. The highest BCUT2D eigenvalue weighted by atomic mass is 32.1. The predicted octanol–water partition coefficient (Wildman–Crippen LogP) is 4.99. The van der Waals surface area contributed by atoms with Crippen molar-refractivity contribution in [3.63, 3.8) is 0 Å². The molecule has 2 aromatic carbocycles. The SMILES string of the molecule is COC(=O)c1c(NC(=O)c2cc(OC)c(OC)c(OC)c2)sc(C(=O)Nc2ccc(C)cc2C)c1C. The number of ether oxygens (including phenoxy) is 4. The van der Waals surface area contributed by atoms with Gasteiger partial charge in [-0.2, -0.15) is 0 Å². The second-order valence-corrected chi connectivity index (χ2v) is 8.91. The number of carbonyl (C=O) groups is 3. The van der Waals surface area contributed by atoms with Crippen LogP contribution in [0, 0.1) is 20.8 Å². The summed E-state index contributed by atoms with van der Waals surface area (Å²) in [6.07, 6.45) is 0. The highest BCUT2D eigenvalue weighted by molar-refractivity contribution is 7.19. The molecule has 1 heterocycles. The molecule has 0 aliphatic rings. The first-order valence-electron chi connectivity index (χ1n) is 10.9. The minimum absolute atomic E-state index is 0.106. The molecule has 10 heteroatoms. The first kappa shape index (κ1) is 26.6. The fourth-order valence-electron chi connectivity index (χ4n) is 3.69. The van der Waals surface area contributed by atoms with E-state index in [2.05, 4.69) is 10.6 Å². The Morgan fingerprint density at radius 1 is 0.806 bits per heavy atom. The number of hydrogen-bond donors (Lipinski definition) is 2. The molecule has 3 aromatic rings. The maximum Gasteiger partial charge on any atom is 0.341 e. The van der Waals surface area contributed by atoms with Gasteiger partial charge in [-0.1, -0.05) is 17.7 Å². The summed E-state index contributed by atoms with van der Waals surface area (Å²) < 4.78 is 20.9. The fourth-order valence-corrected chi connectivity index (χ4v) is 4.77. The number of amides is 2. The van der Waals surface area contributed by atoms with E-state index in [9.17, 15) is 14.4 Å². The summed E-state index contributed by atoms with van der Waals surface area (Å²) in [6.45, 7) is 5.50. The lowest BCUT2D eigenvalue weighted by molar-refractivity contribution is 0.0601. The standard InChI is InChI=1S/C26H28N2O7S/c1-13-8-9-17(14(2)10-13)27-24(30)22-15(3)20(26(31)35-7)25(36-22)28-23(29)16-11-18(32-4)21(34-6)19(12-16)33-5/h8-12H,1-7H3,(H,27,30)(H,28,29). The van der Waals surface area contributed by atoms with Crippen LogP contribution in [0.3, 0.4) is 0 Å². The Bertz CT molecular complexity index is 1310. The molecule has 0 fully saturated rings. The van der Waals surface area contributed by atoms with Crippen molar-refractivity contribution >= 4 is 39.8 Å². The van der Waals surface area contributed by atoms with Gasteiger partial charge in [0.25, 0.3) is 11.8 Å². The molecule has 190 valence electrons. The maximum atomic E-state index is 13.2. The largest absolute Gasteiger partial charge is 0.493 e. The van der Waals surface area contributed by atoms with Crippen molar-refractivity contribution in [2.24, 2.45) is 0 Å². The van der Waals surface area contributed by atoms with Crippen molar-refractivity contribution < 1.29 is 33.3 Å². The van der Waals surface area contributed by atoms with Crippen molar-refractivity contribution in [1.82, 2.24) is 0 Å². The highest BCUT2D eigenvalue weighted by Crippen LogP contribution is 2.39. The Morgan fingerprint density at radius 3 is 1.97 bits per heavy atom. The molecule has 2 N–H and O–H groups in total. The molecule has 36 heavy (non-hydrogen) atoms. The molecule has 0 aliphatic heterocycles. The average Bonchev–Trinajstić information content (AvgIpc) is 3.19. The third kappa shape index (κ3) is 5.28. The summed E-state index contributed by atoms with van der Waals surface area (Å²) in [7, 11) is 5.58. The van der Waals surface area contributed by atoms with Crippen LogP contribution >= 0.6 is 11.3 Å². The fraction of sp³-hybridized carbons (Fsp3) is 0.269. The highest BCUT2D eigenvalue weighted by Gasteiger charge is 2.27. The summed E-state index contributed by atoms with van der Waals surface area (Å²) in [4.78, 5) is 39.2. The van der Waals surface area contributed by atoms with Crippen LogP contribution in [0.1, 0.15) is 47.1 Å². The van der Waals surface area contributed by atoms with Crippen molar-refractivity contribution in [3.05, 3.63) is 63.0 Å². The van der Waals surface area contributed by atoms with Gasteiger partial charge in [0.1, 0.15) is 5.00 Å². The molecule has 3 rings (SSSR count). The second kappa shape index (κ2) is 11.1. The Hall–Kier alpha value is -4.05. The van der Waals surface area contributed by atoms with Crippen molar-refractivity contribution in [1.29, 1.82) is 0 Å². The summed E-state index contributed by atoms with van der Waals surface area (Å²) in [5, 5.41) is 5.79. The predicted molar refractivity (Wildman–Crippen MR) is 138 cm³/mol. The quantitative estimate of drug-likeness (QED) is 0.409. The van der Waals surface area contributed by atoms with Gasteiger partial charge < -0.3 is 29.6 Å². The van der Waals surface area contributed by atoms with Gasteiger partial charge in [0.2, 0.25) is 5.75 Å². The summed E-state index contributed by atoms with van der Waals surface area (Å²) >= 11 is 0.985. The maximum absolute atomic E-state index is 13.2. The second-order valence-electron chi connectivity index (χ2n) is 7.89. The molecule has 0 aliphatic carbocycles. The van der Waals surface area contributed by atoms with Gasteiger partial charge in [-0.05, 0) is 50.1 Å². The zero-order valence-corrected chi connectivity index (χ0v) is 22.0. The van der Waals surface area contributed by atoms with E-state index in [1.165, 1.54) is 40.6 Å². The summed E-state index contributed by atoms with van der Waals surface area (Å²) in [5.74, 6) is -0.680. The van der Waals surface area contributed by atoms with Gasteiger partial charge in [0.15, 0.2) is 11.5 Å². The van der Waals surface area contributed by atoms with Crippen molar-refractivity contribution in [2.45, 2.75) is 20.8 Å². The molecular weight excluding hydrogens is 484 g/mol.